The molecular formula is C20H23ClN2O3. The average Bonchev–Trinajstić information content (AvgIpc) is 2.65. The molecule has 3 rings (SSSR count). The van der Waals surface area contributed by atoms with Crippen LogP contribution in [0.25, 0.3) is 0 Å². The molecule has 1 aliphatic heterocycles. The van der Waals surface area contributed by atoms with Crippen molar-refractivity contribution in [2.75, 3.05) is 26.1 Å². The molecule has 1 unspecified atom stereocenters. The minimum atomic E-state index is -0.254. The normalized spacial score (nSPS) is 15.1. The molecule has 2 aromatic rings. The summed E-state index contributed by atoms with van der Waals surface area (Å²) >= 11 is 5.98. The number of hydrogen-bond donors (Lipinski definition) is 1. The number of benzene rings is 2. The number of halogens is 1. The molecule has 5 nitrogen and oxygen atoms in total. The van der Waals surface area contributed by atoms with Gasteiger partial charge in [-0.05, 0) is 54.8 Å². The van der Waals surface area contributed by atoms with Crippen LogP contribution in [0.3, 0.4) is 0 Å². The zero-order valence-corrected chi connectivity index (χ0v) is 16.0. The number of nitrogens with one attached hydrogen (secondary N) is 1. The van der Waals surface area contributed by atoms with Crippen molar-refractivity contribution in [2.24, 2.45) is 0 Å². The molecule has 1 N–H and O–H groups in total. The highest BCUT2D eigenvalue weighted by Gasteiger charge is 2.26. The van der Waals surface area contributed by atoms with Crippen molar-refractivity contribution in [1.29, 1.82) is 0 Å². The number of amides is 1. The lowest BCUT2D eigenvalue weighted by Crippen LogP contribution is -2.44. The molecule has 0 fully saturated rings. The molecule has 1 aliphatic rings. The zero-order chi connectivity index (χ0) is 18.7. The van der Waals surface area contributed by atoms with E-state index in [4.69, 9.17) is 21.1 Å². The molecule has 0 aliphatic carbocycles. The maximum absolute atomic E-state index is 12.6. The van der Waals surface area contributed by atoms with E-state index in [1.807, 2.05) is 31.2 Å². The number of carbonyl (C=O) groups excluding carboxylic acids is 1. The molecule has 1 heterocycles. The number of fused-ring (bicyclic) bond motifs is 1. The number of nitrogens with zero attached hydrogens (tertiary/aromatic N) is 1. The first-order valence-electron chi connectivity index (χ1n) is 8.56. The van der Waals surface area contributed by atoms with Gasteiger partial charge in [0, 0.05) is 23.8 Å². The third-order valence-corrected chi connectivity index (χ3v) is 5.00. The van der Waals surface area contributed by atoms with Crippen molar-refractivity contribution >= 4 is 23.2 Å². The molecule has 0 saturated heterocycles. The molecule has 138 valence electrons. The van der Waals surface area contributed by atoms with Crippen molar-refractivity contribution in [1.82, 2.24) is 4.90 Å². The molecule has 0 bridgehead atoms. The molecule has 2 aromatic carbocycles. The third-order valence-electron chi connectivity index (χ3n) is 4.77. The summed E-state index contributed by atoms with van der Waals surface area (Å²) in [5.41, 5.74) is 3.11. The van der Waals surface area contributed by atoms with E-state index in [0.29, 0.717) is 23.0 Å². The van der Waals surface area contributed by atoms with Crippen LogP contribution in [0.5, 0.6) is 11.5 Å². The Kier molecular flexibility index (Phi) is 5.69. The number of rotatable bonds is 5. The van der Waals surface area contributed by atoms with E-state index in [1.165, 1.54) is 5.56 Å². The van der Waals surface area contributed by atoms with Crippen molar-refractivity contribution in [3.05, 3.63) is 52.5 Å². The number of hydrogen-bond acceptors (Lipinski definition) is 4. The predicted octanol–water partition coefficient (Wildman–Crippen LogP) is 3.74. The molecule has 0 saturated carbocycles. The van der Waals surface area contributed by atoms with Crippen LogP contribution in [0.2, 0.25) is 5.02 Å². The van der Waals surface area contributed by atoms with Gasteiger partial charge in [0.25, 0.3) is 0 Å². The Hall–Kier alpha value is -2.24. The molecule has 0 radical (unpaired) electrons. The van der Waals surface area contributed by atoms with E-state index in [-0.39, 0.29) is 11.9 Å². The van der Waals surface area contributed by atoms with Crippen LogP contribution >= 0.6 is 11.6 Å². The van der Waals surface area contributed by atoms with E-state index >= 15 is 0 Å². The second-order valence-corrected chi connectivity index (χ2v) is 6.81. The molecule has 6 heteroatoms. The van der Waals surface area contributed by atoms with Crippen LogP contribution in [0.4, 0.5) is 5.69 Å². The van der Waals surface area contributed by atoms with Gasteiger partial charge in [-0.2, -0.15) is 0 Å². The predicted molar refractivity (Wildman–Crippen MR) is 103 cm³/mol. The van der Waals surface area contributed by atoms with Gasteiger partial charge >= 0.3 is 0 Å². The van der Waals surface area contributed by atoms with Gasteiger partial charge in [-0.3, -0.25) is 9.69 Å². The summed E-state index contributed by atoms with van der Waals surface area (Å²) in [5, 5.41) is 3.54. The summed E-state index contributed by atoms with van der Waals surface area (Å²) in [6.07, 6.45) is 0.866. The average molecular weight is 375 g/mol. The number of methoxy groups -OCH3 is 2. The summed E-state index contributed by atoms with van der Waals surface area (Å²) in [6, 6.07) is 11.0. The fraction of sp³-hybridized carbons (Fsp3) is 0.350. The molecule has 0 spiro atoms. The van der Waals surface area contributed by atoms with E-state index < -0.39 is 0 Å². The van der Waals surface area contributed by atoms with E-state index in [2.05, 4.69) is 10.2 Å². The van der Waals surface area contributed by atoms with Gasteiger partial charge in [-0.25, -0.2) is 0 Å². The molecule has 1 atom stereocenters. The molecule has 1 amide bonds. The third kappa shape index (κ3) is 3.94. The fourth-order valence-electron chi connectivity index (χ4n) is 3.21. The highest BCUT2D eigenvalue weighted by atomic mass is 35.5. The van der Waals surface area contributed by atoms with Crippen LogP contribution < -0.4 is 14.8 Å². The highest BCUT2D eigenvalue weighted by molar-refractivity contribution is 6.30. The van der Waals surface area contributed by atoms with Crippen molar-refractivity contribution in [3.8, 4) is 11.5 Å². The SMILES string of the molecule is COc1cc2c(cc1OC)CN(C(C)C(=O)Nc1cccc(Cl)c1)CC2. The highest BCUT2D eigenvalue weighted by Crippen LogP contribution is 2.33. The Morgan fingerprint density at radius 2 is 1.85 bits per heavy atom. The van der Waals surface area contributed by atoms with Gasteiger partial charge in [0.1, 0.15) is 0 Å². The summed E-state index contributed by atoms with van der Waals surface area (Å²) in [6.45, 7) is 3.43. The Bertz CT molecular complexity index is 810. The Morgan fingerprint density at radius 1 is 1.15 bits per heavy atom. The van der Waals surface area contributed by atoms with Gasteiger partial charge in [0.15, 0.2) is 11.5 Å². The fourth-order valence-corrected chi connectivity index (χ4v) is 3.40. The minimum Gasteiger partial charge on any atom is -0.493 e. The molecular weight excluding hydrogens is 352 g/mol. The van der Waals surface area contributed by atoms with Crippen molar-refractivity contribution < 1.29 is 14.3 Å². The Labute approximate surface area is 158 Å². The van der Waals surface area contributed by atoms with Crippen molar-refractivity contribution in [2.45, 2.75) is 25.9 Å². The van der Waals surface area contributed by atoms with Crippen LogP contribution in [0.15, 0.2) is 36.4 Å². The van der Waals surface area contributed by atoms with Gasteiger partial charge in [-0.15, -0.1) is 0 Å². The smallest absolute Gasteiger partial charge is 0.241 e. The number of ether oxygens (including phenoxy) is 2. The van der Waals surface area contributed by atoms with E-state index in [0.717, 1.165) is 24.3 Å². The van der Waals surface area contributed by atoms with Crippen LogP contribution in [-0.4, -0.2) is 37.6 Å². The summed E-state index contributed by atoms with van der Waals surface area (Å²) < 4.78 is 10.8. The van der Waals surface area contributed by atoms with E-state index in [1.54, 1.807) is 26.4 Å². The Morgan fingerprint density at radius 3 is 2.50 bits per heavy atom. The lowest BCUT2D eigenvalue weighted by atomic mass is 9.97. The van der Waals surface area contributed by atoms with Crippen molar-refractivity contribution in [3.63, 3.8) is 0 Å². The standard InChI is InChI=1S/C20H23ClN2O3/c1-13(20(24)22-17-6-4-5-16(21)11-17)23-8-7-14-9-18(25-2)19(26-3)10-15(14)12-23/h4-6,9-11,13H,7-8,12H2,1-3H3,(H,22,24). The van der Waals surface area contributed by atoms with Crippen LogP contribution in [-0.2, 0) is 17.8 Å². The number of carbonyl (C=O) groups is 1. The van der Waals surface area contributed by atoms with Crippen LogP contribution in [0, 0.1) is 0 Å². The minimum absolute atomic E-state index is 0.0452. The van der Waals surface area contributed by atoms with Gasteiger partial charge in [0.2, 0.25) is 5.91 Å². The quantitative estimate of drug-likeness (QED) is 0.866. The zero-order valence-electron chi connectivity index (χ0n) is 15.2. The van der Waals surface area contributed by atoms with Gasteiger partial charge < -0.3 is 14.8 Å². The second kappa shape index (κ2) is 7.98. The lowest BCUT2D eigenvalue weighted by molar-refractivity contribution is -0.121. The topological polar surface area (TPSA) is 50.8 Å². The molecule has 0 aromatic heterocycles. The first-order valence-corrected chi connectivity index (χ1v) is 8.94. The van der Waals surface area contributed by atoms with Crippen LogP contribution in [0.1, 0.15) is 18.1 Å². The van der Waals surface area contributed by atoms with Gasteiger partial charge in [-0.1, -0.05) is 17.7 Å². The maximum atomic E-state index is 12.6. The van der Waals surface area contributed by atoms with Gasteiger partial charge in [0.05, 0.1) is 20.3 Å². The Balaban J connectivity index is 1.72. The summed E-state index contributed by atoms with van der Waals surface area (Å²) in [4.78, 5) is 14.8. The number of anilines is 1. The lowest BCUT2D eigenvalue weighted by Gasteiger charge is -2.33. The largest absolute Gasteiger partial charge is 0.493 e. The van der Waals surface area contributed by atoms with E-state index in [9.17, 15) is 4.79 Å². The summed E-state index contributed by atoms with van der Waals surface area (Å²) in [5.74, 6) is 1.41. The first kappa shape index (κ1) is 18.5. The monoisotopic (exact) mass is 374 g/mol. The summed E-state index contributed by atoms with van der Waals surface area (Å²) in [7, 11) is 3.27. The maximum Gasteiger partial charge on any atom is 0.241 e. The first-order chi connectivity index (χ1) is 12.5. The second-order valence-electron chi connectivity index (χ2n) is 6.37. The molecule has 26 heavy (non-hydrogen) atoms.